The Balaban J connectivity index is 1.62. The number of amides is 1. The van der Waals surface area contributed by atoms with Crippen LogP contribution in [0.25, 0.3) is 10.9 Å². The van der Waals surface area contributed by atoms with Crippen molar-refractivity contribution in [2.24, 2.45) is 0 Å². The Morgan fingerprint density at radius 1 is 1.20 bits per heavy atom. The molecule has 1 aromatic heterocycles. The molecule has 0 aliphatic carbocycles. The fourth-order valence-corrected chi connectivity index (χ4v) is 4.24. The summed E-state index contributed by atoms with van der Waals surface area (Å²) in [6, 6.07) is 18.9. The highest BCUT2D eigenvalue weighted by Gasteiger charge is 2.35. The lowest BCUT2D eigenvalue weighted by Crippen LogP contribution is -2.39. The van der Waals surface area contributed by atoms with Gasteiger partial charge in [-0.15, -0.1) is 0 Å². The van der Waals surface area contributed by atoms with E-state index in [1.165, 1.54) is 5.56 Å². The predicted molar refractivity (Wildman–Crippen MR) is 102 cm³/mol. The normalized spacial score (nSPS) is 18.6. The number of hydrogen-bond donors (Lipinski definition) is 1. The summed E-state index contributed by atoms with van der Waals surface area (Å²) in [6.45, 7) is 3.08. The lowest BCUT2D eigenvalue weighted by Gasteiger charge is -2.31. The van der Waals surface area contributed by atoms with E-state index in [4.69, 9.17) is 0 Å². The molecule has 4 rings (SSSR count). The van der Waals surface area contributed by atoms with E-state index >= 15 is 0 Å². The van der Waals surface area contributed by atoms with Gasteiger partial charge in [-0.2, -0.15) is 0 Å². The molecule has 25 heavy (non-hydrogen) atoms. The lowest BCUT2D eigenvalue weighted by molar-refractivity contribution is 0.0714. The van der Waals surface area contributed by atoms with Gasteiger partial charge in [0.1, 0.15) is 0 Å². The van der Waals surface area contributed by atoms with E-state index in [0.717, 1.165) is 42.3 Å². The topological polar surface area (TPSA) is 36.1 Å². The summed E-state index contributed by atoms with van der Waals surface area (Å²) in [5.41, 5.74) is 3.15. The van der Waals surface area contributed by atoms with E-state index in [1.54, 1.807) is 0 Å². The van der Waals surface area contributed by atoms with E-state index in [0.29, 0.717) is 12.0 Å². The molecule has 0 spiro atoms. The number of rotatable bonds is 4. The number of carbonyl (C=O) groups excluding carboxylic acids is 1. The van der Waals surface area contributed by atoms with Gasteiger partial charge in [-0.1, -0.05) is 43.3 Å². The molecule has 3 aromatic rings. The van der Waals surface area contributed by atoms with Gasteiger partial charge in [-0.3, -0.25) is 4.79 Å². The summed E-state index contributed by atoms with van der Waals surface area (Å²) in [5, 5.41) is 1.14. The molecule has 0 radical (unpaired) electrons. The number of carbonyl (C=O) groups is 1. The molecule has 2 heterocycles. The highest BCUT2D eigenvalue weighted by molar-refractivity contribution is 5.98. The van der Waals surface area contributed by atoms with Gasteiger partial charge in [-0.25, -0.2) is 0 Å². The molecule has 0 saturated carbocycles. The first-order valence-electron chi connectivity index (χ1n) is 9.21. The van der Waals surface area contributed by atoms with Crippen molar-refractivity contribution in [3.8, 4) is 0 Å². The highest BCUT2D eigenvalue weighted by atomic mass is 16.2. The van der Waals surface area contributed by atoms with E-state index < -0.39 is 0 Å². The van der Waals surface area contributed by atoms with Crippen molar-refractivity contribution in [3.05, 3.63) is 71.9 Å². The minimum Gasteiger partial charge on any atom is -0.361 e. The number of fused-ring (bicyclic) bond motifs is 1. The monoisotopic (exact) mass is 332 g/mol. The molecule has 0 unspecified atom stereocenters. The Morgan fingerprint density at radius 3 is 2.84 bits per heavy atom. The van der Waals surface area contributed by atoms with Crippen molar-refractivity contribution >= 4 is 16.8 Å². The number of H-pyrrole nitrogens is 1. The molecule has 1 saturated heterocycles. The third-order valence-corrected chi connectivity index (χ3v) is 5.49. The highest BCUT2D eigenvalue weighted by Crippen LogP contribution is 2.34. The molecule has 1 aliphatic heterocycles. The maximum Gasteiger partial charge on any atom is 0.254 e. The van der Waals surface area contributed by atoms with Crippen LogP contribution >= 0.6 is 0 Å². The Bertz CT molecular complexity index is 868. The molecular weight excluding hydrogens is 308 g/mol. The molecule has 1 aliphatic rings. The van der Waals surface area contributed by atoms with Gasteiger partial charge in [0, 0.05) is 35.8 Å². The average molecular weight is 332 g/mol. The lowest BCUT2D eigenvalue weighted by atomic mass is 9.87. The van der Waals surface area contributed by atoms with Gasteiger partial charge in [0.2, 0.25) is 0 Å². The number of aromatic nitrogens is 1. The van der Waals surface area contributed by atoms with Crippen LogP contribution in [0.2, 0.25) is 0 Å². The number of nitrogens with zero attached hydrogens (tertiary/aromatic N) is 1. The summed E-state index contributed by atoms with van der Waals surface area (Å²) in [5.74, 6) is 0.565. The first kappa shape index (κ1) is 15.9. The summed E-state index contributed by atoms with van der Waals surface area (Å²) in [4.78, 5) is 18.5. The fraction of sp³-hybridized carbons (Fsp3) is 0.318. The first-order valence-corrected chi connectivity index (χ1v) is 9.21. The van der Waals surface area contributed by atoms with Crippen molar-refractivity contribution in [1.82, 2.24) is 9.88 Å². The van der Waals surface area contributed by atoms with Crippen LogP contribution in [-0.4, -0.2) is 28.4 Å². The minimum atomic E-state index is 0.161. The maximum atomic E-state index is 13.2. The number of aromatic amines is 1. The largest absolute Gasteiger partial charge is 0.361 e. The van der Waals surface area contributed by atoms with Crippen LogP contribution in [0.5, 0.6) is 0 Å². The molecular formula is C22H24N2O. The molecule has 3 heteroatoms. The molecule has 0 bridgehead atoms. The second-order valence-corrected chi connectivity index (χ2v) is 6.91. The summed E-state index contributed by atoms with van der Waals surface area (Å²) in [6.07, 6.45) is 5.14. The third-order valence-electron chi connectivity index (χ3n) is 5.49. The van der Waals surface area contributed by atoms with Crippen LogP contribution < -0.4 is 0 Å². The molecule has 2 aromatic carbocycles. The zero-order valence-electron chi connectivity index (χ0n) is 14.6. The molecule has 128 valence electrons. The summed E-state index contributed by atoms with van der Waals surface area (Å²) >= 11 is 0. The Kier molecular flexibility index (Phi) is 4.31. The summed E-state index contributed by atoms with van der Waals surface area (Å²) < 4.78 is 0. The van der Waals surface area contributed by atoms with E-state index in [-0.39, 0.29) is 5.91 Å². The predicted octanol–water partition coefficient (Wildman–Crippen LogP) is 4.97. The standard InChI is InChI=1S/C22H24N2O/c1-2-19(16-7-4-3-5-8-16)21-9-6-14-24(21)22(25)18-11-10-17-12-13-23-20(17)15-18/h3-5,7-8,10-13,15,19,21,23H,2,6,9,14H2,1H3/t19-,21-/m0/s1. The van der Waals surface area contributed by atoms with E-state index in [2.05, 4.69) is 47.1 Å². The van der Waals surface area contributed by atoms with Crippen LogP contribution in [0.15, 0.2) is 60.8 Å². The van der Waals surface area contributed by atoms with Crippen LogP contribution in [-0.2, 0) is 0 Å². The fourth-order valence-electron chi connectivity index (χ4n) is 4.24. The van der Waals surface area contributed by atoms with Gasteiger partial charge in [0.25, 0.3) is 5.91 Å². The van der Waals surface area contributed by atoms with Crippen LogP contribution in [0.4, 0.5) is 0 Å². The molecule has 2 atom stereocenters. The summed E-state index contributed by atoms with van der Waals surface area (Å²) in [7, 11) is 0. The van der Waals surface area contributed by atoms with Gasteiger partial charge in [-0.05, 0) is 48.4 Å². The second-order valence-electron chi connectivity index (χ2n) is 6.91. The Labute approximate surface area is 148 Å². The van der Waals surface area contributed by atoms with Crippen molar-refractivity contribution in [3.63, 3.8) is 0 Å². The van der Waals surface area contributed by atoms with Crippen molar-refractivity contribution in [2.45, 2.75) is 38.1 Å². The zero-order valence-corrected chi connectivity index (χ0v) is 14.6. The molecule has 3 nitrogen and oxygen atoms in total. The van der Waals surface area contributed by atoms with Gasteiger partial charge < -0.3 is 9.88 Å². The SMILES string of the molecule is CC[C@@H](c1ccccc1)[C@@H]1CCCN1C(=O)c1ccc2cc[nH]c2c1. The van der Waals surface area contributed by atoms with E-state index in [1.807, 2.05) is 30.5 Å². The first-order chi connectivity index (χ1) is 12.3. The van der Waals surface area contributed by atoms with E-state index in [9.17, 15) is 4.79 Å². The van der Waals surface area contributed by atoms with Crippen molar-refractivity contribution < 1.29 is 4.79 Å². The van der Waals surface area contributed by atoms with Crippen LogP contribution in [0, 0.1) is 0 Å². The minimum absolute atomic E-state index is 0.161. The smallest absolute Gasteiger partial charge is 0.254 e. The molecule has 1 fully saturated rings. The van der Waals surface area contributed by atoms with Crippen LogP contribution in [0.1, 0.15) is 48.0 Å². The third kappa shape index (κ3) is 2.95. The van der Waals surface area contributed by atoms with Gasteiger partial charge in [0.15, 0.2) is 0 Å². The second kappa shape index (κ2) is 6.75. The zero-order chi connectivity index (χ0) is 17.2. The Hall–Kier alpha value is -2.55. The number of nitrogens with one attached hydrogen (secondary N) is 1. The number of benzene rings is 2. The average Bonchev–Trinajstić information content (AvgIpc) is 3.31. The van der Waals surface area contributed by atoms with Crippen molar-refractivity contribution in [2.75, 3.05) is 6.54 Å². The van der Waals surface area contributed by atoms with Gasteiger partial charge in [0.05, 0.1) is 0 Å². The molecule has 1 N–H and O–H groups in total. The van der Waals surface area contributed by atoms with Gasteiger partial charge >= 0.3 is 0 Å². The maximum absolute atomic E-state index is 13.2. The quantitative estimate of drug-likeness (QED) is 0.720. The molecule has 1 amide bonds. The number of hydrogen-bond acceptors (Lipinski definition) is 1. The van der Waals surface area contributed by atoms with Crippen molar-refractivity contribution in [1.29, 1.82) is 0 Å². The van der Waals surface area contributed by atoms with Crippen LogP contribution in [0.3, 0.4) is 0 Å². The number of likely N-dealkylation sites (tertiary alicyclic amines) is 1. The Morgan fingerprint density at radius 2 is 2.04 bits per heavy atom.